The summed E-state index contributed by atoms with van der Waals surface area (Å²) in [5.41, 5.74) is 0.972. The molecule has 2 fully saturated rings. The number of carbonyl (C=O) groups is 1. The molecule has 9 nitrogen and oxygen atoms in total. The first-order chi connectivity index (χ1) is 15.8. The van der Waals surface area contributed by atoms with E-state index in [2.05, 4.69) is 27.1 Å². The molecule has 33 heavy (non-hydrogen) atoms. The number of nitrogens with one attached hydrogen (secondary N) is 1. The molecule has 2 aliphatic rings. The van der Waals surface area contributed by atoms with Crippen LogP contribution in [0.15, 0.2) is 47.5 Å². The van der Waals surface area contributed by atoms with Gasteiger partial charge in [-0.05, 0) is 37.4 Å². The quantitative estimate of drug-likeness (QED) is 0.683. The Morgan fingerprint density at radius 3 is 2.33 bits per heavy atom. The third-order valence-corrected chi connectivity index (χ3v) is 8.24. The third-order valence-electron chi connectivity index (χ3n) is 6.08. The molecule has 2 aliphatic heterocycles. The Bertz CT molecular complexity index is 1070. The second-order valence-electron chi connectivity index (χ2n) is 8.28. The maximum Gasteiger partial charge on any atom is 0.317 e. The first-order valence-electron chi connectivity index (χ1n) is 11.0. The van der Waals surface area contributed by atoms with E-state index < -0.39 is 10.0 Å². The lowest BCUT2D eigenvalue weighted by atomic mass is 10.2. The molecule has 3 heterocycles. The van der Waals surface area contributed by atoms with E-state index in [0.717, 1.165) is 37.6 Å². The Kier molecular flexibility index (Phi) is 7.38. The van der Waals surface area contributed by atoms with Crippen LogP contribution in [0.3, 0.4) is 0 Å². The fraction of sp³-hybridized carbons (Fsp3) is 0.455. The lowest BCUT2D eigenvalue weighted by molar-refractivity contribution is 0.172. The maximum absolute atomic E-state index is 12.8. The normalized spacial score (nSPS) is 18.4. The molecule has 1 aromatic carbocycles. The fourth-order valence-corrected chi connectivity index (χ4v) is 5.59. The largest absolute Gasteiger partial charge is 0.354 e. The topological polar surface area (TPSA) is 89.1 Å². The van der Waals surface area contributed by atoms with Crippen LogP contribution < -0.4 is 10.2 Å². The van der Waals surface area contributed by atoms with Crippen molar-refractivity contribution in [3.8, 4) is 0 Å². The highest BCUT2D eigenvalue weighted by atomic mass is 35.5. The number of nitrogens with zero attached hydrogens (tertiary/aromatic N) is 5. The predicted octanol–water partition coefficient (Wildman–Crippen LogP) is 1.70. The molecule has 4 rings (SSSR count). The number of pyridine rings is 1. The van der Waals surface area contributed by atoms with Crippen LogP contribution in [0.5, 0.6) is 0 Å². The number of carbonyl (C=O) groups excluding carboxylic acids is 1. The van der Waals surface area contributed by atoms with Gasteiger partial charge < -0.3 is 20.0 Å². The zero-order chi connectivity index (χ0) is 23.4. The number of urea groups is 1. The van der Waals surface area contributed by atoms with Gasteiger partial charge in [-0.25, -0.2) is 18.2 Å². The van der Waals surface area contributed by atoms with Crippen LogP contribution in [0.25, 0.3) is 0 Å². The van der Waals surface area contributed by atoms with Crippen molar-refractivity contribution in [1.29, 1.82) is 0 Å². The summed E-state index contributed by atoms with van der Waals surface area (Å²) < 4.78 is 27.1. The van der Waals surface area contributed by atoms with Crippen molar-refractivity contribution in [3.05, 3.63) is 53.2 Å². The second-order valence-corrected chi connectivity index (χ2v) is 10.7. The summed E-state index contributed by atoms with van der Waals surface area (Å²) in [6.07, 6.45) is 1.78. The zero-order valence-electron chi connectivity index (χ0n) is 18.7. The van der Waals surface area contributed by atoms with E-state index in [1.54, 1.807) is 23.2 Å². The fourth-order valence-electron chi connectivity index (χ4n) is 4.04. The van der Waals surface area contributed by atoms with E-state index in [1.807, 2.05) is 12.1 Å². The Balaban J connectivity index is 1.32. The number of rotatable bonds is 5. The molecule has 0 bridgehead atoms. The number of aromatic nitrogens is 1. The molecule has 0 aliphatic carbocycles. The maximum atomic E-state index is 12.8. The minimum absolute atomic E-state index is 0.202. The monoisotopic (exact) mass is 492 g/mol. The van der Waals surface area contributed by atoms with Crippen LogP contribution in [0.2, 0.25) is 5.02 Å². The predicted molar refractivity (Wildman–Crippen MR) is 128 cm³/mol. The molecule has 178 valence electrons. The molecule has 11 heteroatoms. The molecular weight excluding hydrogens is 464 g/mol. The lowest BCUT2D eigenvalue weighted by Gasteiger charge is -2.35. The molecule has 2 aromatic rings. The molecule has 0 saturated carbocycles. The Morgan fingerprint density at radius 2 is 1.67 bits per heavy atom. The van der Waals surface area contributed by atoms with Crippen LogP contribution in [0, 0.1) is 0 Å². The van der Waals surface area contributed by atoms with Crippen LogP contribution in [0.4, 0.5) is 10.6 Å². The van der Waals surface area contributed by atoms with Gasteiger partial charge in [0.25, 0.3) is 0 Å². The van der Waals surface area contributed by atoms with Gasteiger partial charge >= 0.3 is 6.03 Å². The summed E-state index contributed by atoms with van der Waals surface area (Å²) >= 11 is 5.87. The summed E-state index contributed by atoms with van der Waals surface area (Å²) in [6.45, 7) is 5.29. The smallest absolute Gasteiger partial charge is 0.317 e. The van der Waals surface area contributed by atoms with Crippen molar-refractivity contribution in [2.75, 3.05) is 64.3 Å². The number of sulfonamides is 1. The molecule has 0 unspecified atom stereocenters. The first-order valence-corrected chi connectivity index (χ1v) is 12.8. The van der Waals surface area contributed by atoms with E-state index in [-0.39, 0.29) is 24.0 Å². The van der Waals surface area contributed by atoms with Gasteiger partial charge in [0.05, 0.1) is 4.90 Å². The SMILES string of the molecule is CN1CCN(c2ncccc2CNC(=O)N2CCN(S(=O)(=O)c3ccc(Cl)cc3)CC2)CC1. The summed E-state index contributed by atoms with van der Waals surface area (Å²) in [4.78, 5) is 23.7. The Hall–Kier alpha value is -2.40. The summed E-state index contributed by atoms with van der Waals surface area (Å²) in [6, 6.07) is 9.79. The van der Waals surface area contributed by atoms with Gasteiger partial charge in [0.2, 0.25) is 10.0 Å². The van der Waals surface area contributed by atoms with E-state index in [9.17, 15) is 13.2 Å². The van der Waals surface area contributed by atoms with Crippen molar-refractivity contribution in [2.24, 2.45) is 0 Å². The Morgan fingerprint density at radius 1 is 1.00 bits per heavy atom. The minimum Gasteiger partial charge on any atom is -0.354 e. The molecule has 0 atom stereocenters. The number of halogens is 1. The van der Waals surface area contributed by atoms with Crippen LogP contribution in [-0.4, -0.2) is 92.9 Å². The number of amides is 2. The van der Waals surface area contributed by atoms with Crippen molar-refractivity contribution in [2.45, 2.75) is 11.4 Å². The van der Waals surface area contributed by atoms with Crippen LogP contribution >= 0.6 is 11.6 Å². The Labute approximate surface area is 200 Å². The first kappa shape index (κ1) is 23.7. The van der Waals surface area contributed by atoms with Gasteiger partial charge in [0, 0.05) is 75.7 Å². The standard InChI is InChI=1S/C22H29ClN6O3S/c1-26-9-11-27(12-10-26)21-18(3-2-8-24-21)17-25-22(30)28-13-15-29(16-14-28)33(31,32)20-6-4-19(23)5-7-20/h2-8H,9-17H2,1H3,(H,25,30). The molecule has 0 spiro atoms. The second kappa shape index (κ2) is 10.3. The average Bonchev–Trinajstić information content (AvgIpc) is 2.83. The molecule has 1 N–H and O–H groups in total. The highest BCUT2D eigenvalue weighted by Gasteiger charge is 2.30. The molecule has 2 amide bonds. The molecule has 1 aromatic heterocycles. The van der Waals surface area contributed by atoms with Gasteiger partial charge in [-0.3, -0.25) is 0 Å². The van der Waals surface area contributed by atoms with Gasteiger partial charge in [0.1, 0.15) is 5.82 Å². The van der Waals surface area contributed by atoms with Crippen molar-refractivity contribution in [1.82, 2.24) is 24.4 Å². The lowest BCUT2D eigenvalue weighted by Crippen LogP contribution is -2.53. The minimum atomic E-state index is -3.61. The van der Waals surface area contributed by atoms with E-state index in [1.165, 1.54) is 16.4 Å². The van der Waals surface area contributed by atoms with Crippen LogP contribution in [-0.2, 0) is 16.6 Å². The molecule has 2 saturated heterocycles. The number of piperazine rings is 2. The number of hydrogen-bond donors (Lipinski definition) is 1. The van der Waals surface area contributed by atoms with Crippen molar-refractivity contribution >= 4 is 33.5 Å². The number of likely N-dealkylation sites (N-methyl/N-ethyl adjacent to an activating group) is 1. The van der Waals surface area contributed by atoms with Crippen molar-refractivity contribution < 1.29 is 13.2 Å². The van der Waals surface area contributed by atoms with E-state index in [0.29, 0.717) is 24.7 Å². The van der Waals surface area contributed by atoms with Gasteiger partial charge in [-0.2, -0.15) is 4.31 Å². The summed E-state index contributed by atoms with van der Waals surface area (Å²) in [7, 11) is -1.50. The van der Waals surface area contributed by atoms with Gasteiger partial charge in [0.15, 0.2) is 0 Å². The highest BCUT2D eigenvalue weighted by molar-refractivity contribution is 7.89. The molecule has 0 radical (unpaired) electrons. The number of anilines is 1. The summed E-state index contributed by atoms with van der Waals surface area (Å²) in [5, 5.41) is 3.46. The third kappa shape index (κ3) is 5.57. The number of benzene rings is 1. The van der Waals surface area contributed by atoms with Crippen molar-refractivity contribution in [3.63, 3.8) is 0 Å². The van der Waals surface area contributed by atoms with Gasteiger partial charge in [-0.1, -0.05) is 17.7 Å². The van der Waals surface area contributed by atoms with E-state index in [4.69, 9.17) is 11.6 Å². The summed E-state index contributed by atoms with van der Waals surface area (Å²) in [5.74, 6) is 0.907. The molecular formula is C22H29ClN6O3S. The van der Waals surface area contributed by atoms with E-state index >= 15 is 0 Å². The van der Waals surface area contributed by atoms with Crippen LogP contribution in [0.1, 0.15) is 5.56 Å². The van der Waals surface area contributed by atoms with Gasteiger partial charge in [-0.15, -0.1) is 0 Å². The highest BCUT2D eigenvalue weighted by Crippen LogP contribution is 2.21. The number of hydrogen-bond acceptors (Lipinski definition) is 6. The zero-order valence-corrected chi connectivity index (χ0v) is 20.2. The average molecular weight is 493 g/mol.